The monoisotopic (exact) mass is 456 g/mol. The first-order valence-corrected chi connectivity index (χ1v) is 10.5. The summed E-state index contributed by atoms with van der Waals surface area (Å²) in [6, 6.07) is 14.5. The molecule has 0 aliphatic heterocycles. The normalized spacial score (nSPS) is 21.3. The number of anilines is 1. The molecule has 29 heavy (non-hydrogen) atoms. The average Bonchev–Trinajstić information content (AvgIpc) is 3.03. The minimum atomic E-state index is -0.848. The number of carbonyl (C=O) groups excluding carboxylic acids is 1. The first-order valence-electron chi connectivity index (χ1n) is 9.75. The average molecular weight is 457 g/mol. The highest BCUT2D eigenvalue weighted by molar-refractivity contribution is 9.10. The van der Waals surface area contributed by atoms with Crippen LogP contribution in [0.25, 0.3) is 5.57 Å². The van der Waals surface area contributed by atoms with E-state index in [9.17, 15) is 14.9 Å². The molecule has 0 saturated carbocycles. The molecule has 6 heteroatoms. The standard InChI is InChI=1S/C23H25BrN2O3/c1-4-5-19-21(15-6-10-17(24)11-7-15)20(14-27)22(23(19)26(28)29)16-8-12-18(13-9-16)25(2)3/h6-14,19,22-23H,4-5H2,1-3H3/t19-,22+,23+/m0/s1. The van der Waals surface area contributed by atoms with Crippen LogP contribution >= 0.6 is 15.9 Å². The first-order chi connectivity index (χ1) is 13.9. The van der Waals surface area contributed by atoms with Crippen LogP contribution in [0.3, 0.4) is 0 Å². The van der Waals surface area contributed by atoms with Gasteiger partial charge in [-0.2, -0.15) is 0 Å². The third-order valence-electron chi connectivity index (χ3n) is 5.66. The number of carbonyl (C=O) groups is 1. The van der Waals surface area contributed by atoms with Crippen LogP contribution in [0.2, 0.25) is 0 Å². The van der Waals surface area contributed by atoms with Crippen LogP contribution in [-0.2, 0) is 4.79 Å². The maximum atomic E-state index is 12.2. The van der Waals surface area contributed by atoms with Crippen LogP contribution in [-0.4, -0.2) is 31.3 Å². The molecule has 152 valence electrons. The second-order valence-corrected chi connectivity index (χ2v) is 8.54. The highest BCUT2D eigenvalue weighted by Gasteiger charge is 2.50. The summed E-state index contributed by atoms with van der Waals surface area (Å²) < 4.78 is 0.932. The topological polar surface area (TPSA) is 63.5 Å². The van der Waals surface area contributed by atoms with E-state index >= 15 is 0 Å². The van der Waals surface area contributed by atoms with E-state index in [0.717, 1.165) is 39.6 Å². The van der Waals surface area contributed by atoms with E-state index in [0.29, 0.717) is 12.0 Å². The second-order valence-electron chi connectivity index (χ2n) is 7.63. The number of nitrogens with zero attached hydrogens (tertiary/aromatic N) is 2. The Kier molecular flexibility index (Phi) is 6.52. The molecule has 0 bridgehead atoms. The quantitative estimate of drug-likeness (QED) is 0.321. The van der Waals surface area contributed by atoms with Crippen LogP contribution in [0.15, 0.2) is 58.6 Å². The van der Waals surface area contributed by atoms with E-state index in [2.05, 4.69) is 15.9 Å². The Labute approximate surface area is 179 Å². The van der Waals surface area contributed by atoms with E-state index in [4.69, 9.17) is 0 Å². The molecule has 0 radical (unpaired) electrons. The van der Waals surface area contributed by atoms with Crippen LogP contribution in [0.4, 0.5) is 5.69 Å². The minimum absolute atomic E-state index is 0.194. The van der Waals surface area contributed by atoms with E-state index in [1.807, 2.05) is 74.4 Å². The number of hydrogen-bond donors (Lipinski definition) is 0. The lowest BCUT2D eigenvalue weighted by Crippen LogP contribution is -2.31. The van der Waals surface area contributed by atoms with E-state index in [1.165, 1.54) is 0 Å². The Morgan fingerprint density at radius 2 is 1.72 bits per heavy atom. The Bertz CT molecular complexity index is 920. The molecule has 2 aromatic rings. The fraction of sp³-hybridized carbons (Fsp3) is 0.348. The summed E-state index contributed by atoms with van der Waals surface area (Å²) in [6.45, 7) is 2.02. The van der Waals surface area contributed by atoms with Crippen molar-refractivity contribution in [3.63, 3.8) is 0 Å². The Morgan fingerprint density at radius 3 is 2.21 bits per heavy atom. The number of hydrogen-bond acceptors (Lipinski definition) is 4. The highest BCUT2D eigenvalue weighted by Crippen LogP contribution is 2.50. The SMILES string of the molecule is CCC[C@H]1C(c2ccc(Br)cc2)=C(C=O)[C@@H](c2ccc(N(C)C)cc2)[C@@H]1[N+](=O)[O-]. The largest absolute Gasteiger partial charge is 0.378 e. The lowest BCUT2D eigenvalue weighted by atomic mass is 9.85. The summed E-state index contributed by atoms with van der Waals surface area (Å²) in [5.41, 5.74) is 4.06. The Morgan fingerprint density at radius 1 is 1.10 bits per heavy atom. The molecule has 0 amide bonds. The van der Waals surface area contributed by atoms with Gasteiger partial charge < -0.3 is 4.90 Å². The molecule has 0 heterocycles. The predicted molar refractivity (Wildman–Crippen MR) is 120 cm³/mol. The van der Waals surface area contributed by atoms with Gasteiger partial charge in [0.15, 0.2) is 0 Å². The summed E-state index contributed by atoms with van der Waals surface area (Å²) in [5.74, 6) is -0.844. The van der Waals surface area contributed by atoms with Gasteiger partial charge in [0.05, 0.1) is 11.8 Å². The molecule has 1 aliphatic rings. The summed E-state index contributed by atoms with van der Waals surface area (Å²) >= 11 is 3.44. The fourth-order valence-electron chi connectivity index (χ4n) is 4.37. The molecular formula is C23H25BrN2O3. The third kappa shape index (κ3) is 4.13. The summed E-state index contributed by atoms with van der Waals surface area (Å²) in [5, 5.41) is 12.2. The number of halogens is 1. The van der Waals surface area contributed by atoms with Crippen molar-refractivity contribution in [1.82, 2.24) is 0 Å². The van der Waals surface area contributed by atoms with Crippen molar-refractivity contribution in [2.75, 3.05) is 19.0 Å². The molecule has 5 nitrogen and oxygen atoms in total. The van der Waals surface area contributed by atoms with Crippen molar-refractivity contribution in [2.45, 2.75) is 31.7 Å². The zero-order valence-electron chi connectivity index (χ0n) is 16.8. The van der Waals surface area contributed by atoms with Crippen molar-refractivity contribution in [3.8, 4) is 0 Å². The molecule has 0 unspecified atom stereocenters. The van der Waals surface area contributed by atoms with Gasteiger partial charge in [-0.1, -0.05) is 53.5 Å². The van der Waals surface area contributed by atoms with Gasteiger partial charge in [0.1, 0.15) is 6.29 Å². The van der Waals surface area contributed by atoms with Crippen LogP contribution < -0.4 is 4.90 Å². The first kappa shape index (κ1) is 21.2. The van der Waals surface area contributed by atoms with E-state index in [-0.39, 0.29) is 10.8 Å². The molecule has 2 aromatic carbocycles. The van der Waals surface area contributed by atoms with Crippen molar-refractivity contribution in [3.05, 3.63) is 79.8 Å². The van der Waals surface area contributed by atoms with E-state index in [1.54, 1.807) is 0 Å². The van der Waals surface area contributed by atoms with Gasteiger partial charge in [0.2, 0.25) is 6.04 Å². The second kappa shape index (κ2) is 8.91. The Hall–Kier alpha value is -2.47. The van der Waals surface area contributed by atoms with Crippen molar-refractivity contribution < 1.29 is 9.72 Å². The van der Waals surface area contributed by atoms with Crippen LogP contribution in [0.5, 0.6) is 0 Å². The van der Waals surface area contributed by atoms with Crippen LogP contribution in [0, 0.1) is 16.0 Å². The number of benzene rings is 2. The molecule has 0 saturated heterocycles. The molecule has 0 spiro atoms. The number of rotatable bonds is 7. The zero-order valence-corrected chi connectivity index (χ0v) is 18.4. The van der Waals surface area contributed by atoms with E-state index < -0.39 is 12.0 Å². The lowest BCUT2D eigenvalue weighted by molar-refractivity contribution is -0.530. The minimum Gasteiger partial charge on any atom is -0.378 e. The van der Waals surface area contributed by atoms with Gasteiger partial charge in [0, 0.05) is 34.8 Å². The van der Waals surface area contributed by atoms with Gasteiger partial charge in [-0.15, -0.1) is 0 Å². The third-order valence-corrected chi connectivity index (χ3v) is 6.19. The van der Waals surface area contributed by atoms with Gasteiger partial charge in [-0.25, -0.2) is 0 Å². The van der Waals surface area contributed by atoms with Crippen molar-refractivity contribution in [2.24, 2.45) is 5.92 Å². The molecule has 3 atom stereocenters. The highest BCUT2D eigenvalue weighted by atomic mass is 79.9. The fourth-order valence-corrected chi connectivity index (χ4v) is 4.63. The maximum Gasteiger partial charge on any atom is 0.230 e. The summed E-state index contributed by atoms with van der Waals surface area (Å²) in [4.78, 5) is 26.2. The lowest BCUT2D eigenvalue weighted by Gasteiger charge is -2.21. The smallest absolute Gasteiger partial charge is 0.230 e. The van der Waals surface area contributed by atoms with Gasteiger partial charge in [0.25, 0.3) is 0 Å². The number of aldehydes is 1. The molecule has 0 N–H and O–H groups in total. The molecule has 0 aromatic heterocycles. The number of nitro groups is 1. The van der Waals surface area contributed by atoms with Gasteiger partial charge in [-0.05, 0) is 47.4 Å². The van der Waals surface area contributed by atoms with Gasteiger partial charge >= 0.3 is 0 Å². The molecular weight excluding hydrogens is 432 g/mol. The molecule has 3 rings (SSSR count). The summed E-state index contributed by atoms with van der Waals surface area (Å²) in [6.07, 6.45) is 2.31. The summed E-state index contributed by atoms with van der Waals surface area (Å²) in [7, 11) is 3.90. The van der Waals surface area contributed by atoms with Crippen molar-refractivity contribution in [1.29, 1.82) is 0 Å². The maximum absolute atomic E-state index is 12.2. The van der Waals surface area contributed by atoms with Crippen molar-refractivity contribution >= 4 is 33.5 Å². The van der Waals surface area contributed by atoms with Crippen LogP contribution in [0.1, 0.15) is 36.8 Å². The molecule has 0 fully saturated rings. The molecule has 1 aliphatic carbocycles. The van der Waals surface area contributed by atoms with Gasteiger partial charge in [-0.3, -0.25) is 14.9 Å². The zero-order chi connectivity index (χ0) is 21.1. The Balaban J connectivity index is 2.19. The predicted octanol–water partition coefficient (Wildman–Crippen LogP) is 5.33.